The number of esters is 2. The molecule has 28 heavy (non-hydrogen) atoms. The van der Waals surface area contributed by atoms with Crippen LogP contribution < -0.4 is 10.6 Å². The lowest BCUT2D eigenvalue weighted by Gasteiger charge is -2.22. The van der Waals surface area contributed by atoms with Crippen LogP contribution in [0.1, 0.15) is 52.8 Å². The Labute approximate surface area is 163 Å². The minimum Gasteiger partial charge on any atom is -0.465 e. The number of nitrogens with zero attached hydrogens (tertiary/aromatic N) is 1. The first-order chi connectivity index (χ1) is 13.5. The van der Waals surface area contributed by atoms with Gasteiger partial charge in [-0.25, -0.2) is 9.59 Å². The van der Waals surface area contributed by atoms with Gasteiger partial charge in [-0.15, -0.1) is 0 Å². The molecule has 2 rings (SSSR count). The Bertz CT molecular complexity index is 820. The molecule has 0 saturated heterocycles. The number of hydrogen-bond acceptors (Lipinski definition) is 7. The van der Waals surface area contributed by atoms with Crippen molar-refractivity contribution >= 4 is 23.5 Å². The lowest BCUT2D eigenvalue weighted by atomic mass is 9.95. The third kappa shape index (κ3) is 5.33. The summed E-state index contributed by atoms with van der Waals surface area (Å²) < 4.78 is 9.40. The number of benzene rings is 1. The molecule has 0 bridgehead atoms. The van der Waals surface area contributed by atoms with E-state index in [1.165, 1.54) is 38.6 Å². The number of ether oxygens (including phenoxy) is 2. The summed E-state index contributed by atoms with van der Waals surface area (Å²) in [6.07, 6.45) is 6.26. The molecule has 1 fully saturated rings. The molecule has 1 aromatic rings. The molecule has 0 spiro atoms. The number of carbonyl (C=O) groups excluding carboxylic acids is 3. The van der Waals surface area contributed by atoms with Crippen molar-refractivity contribution in [1.82, 2.24) is 5.32 Å². The summed E-state index contributed by atoms with van der Waals surface area (Å²) in [5, 5.41) is 14.9. The minimum absolute atomic E-state index is 0.0614. The van der Waals surface area contributed by atoms with Crippen molar-refractivity contribution in [2.75, 3.05) is 19.5 Å². The van der Waals surface area contributed by atoms with Crippen LogP contribution >= 0.6 is 0 Å². The molecule has 0 radical (unpaired) electrons. The maximum absolute atomic E-state index is 12.4. The van der Waals surface area contributed by atoms with Gasteiger partial charge in [0.2, 0.25) is 0 Å². The Balaban J connectivity index is 2.22. The maximum atomic E-state index is 12.4. The monoisotopic (exact) mass is 385 g/mol. The van der Waals surface area contributed by atoms with Crippen molar-refractivity contribution in [2.24, 2.45) is 0 Å². The Hall–Kier alpha value is -3.34. The molecular formula is C20H23N3O5. The fourth-order valence-corrected chi connectivity index (χ4v) is 3.01. The van der Waals surface area contributed by atoms with Crippen LogP contribution in [-0.2, 0) is 14.3 Å². The molecule has 8 heteroatoms. The van der Waals surface area contributed by atoms with E-state index in [9.17, 15) is 19.6 Å². The van der Waals surface area contributed by atoms with E-state index < -0.39 is 17.8 Å². The Morgan fingerprint density at radius 1 is 1.11 bits per heavy atom. The lowest BCUT2D eigenvalue weighted by Crippen LogP contribution is -2.37. The highest BCUT2D eigenvalue weighted by Gasteiger charge is 2.19. The molecule has 0 heterocycles. The molecule has 148 valence electrons. The van der Waals surface area contributed by atoms with E-state index in [0.717, 1.165) is 32.1 Å². The molecule has 0 aliphatic heterocycles. The first-order valence-corrected chi connectivity index (χ1v) is 8.98. The van der Waals surface area contributed by atoms with Crippen molar-refractivity contribution in [2.45, 2.75) is 38.1 Å². The van der Waals surface area contributed by atoms with E-state index in [1.807, 2.05) is 6.07 Å². The topological polar surface area (TPSA) is 118 Å². The lowest BCUT2D eigenvalue weighted by molar-refractivity contribution is -0.118. The Morgan fingerprint density at radius 2 is 1.79 bits per heavy atom. The van der Waals surface area contributed by atoms with E-state index in [0.29, 0.717) is 0 Å². The van der Waals surface area contributed by atoms with Crippen LogP contribution in [0.5, 0.6) is 0 Å². The van der Waals surface area contributed by atoms with Gasteiger partial charge in [0.25, 0.3) is 5.91 Å². The van der Waals surface area contributed by atoms with Crippen LogP contribution in [0.25, 0.3) is 0 Å². The highest BCUT2D eigenvalue weighted by Crippen LogP contribution is 2.21. The predicted molar refractivity (Wildman–Crippen MR) is 101 cm³/mol. The first kappa shape index (κ1) is 21.0. The number of carbonyl (C=O) groups is 3. The third-order valence-corrected chi connectivity index (χ3v) is 4.52. The number of amides is 1. The van der Waals surface area contributed by atoms with E-state index in [4.69, 9.17) is 4.74 Å². The molecule has 0 unspecified atom stereocenters. The van der Waals surface area contributed by atoms with Gasteiger partial charge in [-0.05, 0) is 31.0 Å². The van der Waals surface area contributed by atoms with Gasteiger partial charge in [0.15, 0.2) is 0 Å². The normalized spacial score (nSPS) is 14.5. The fraction of sp³-hybridized carbons (Fsp3) is 0.400. The van der Waals surface area contributed by atoms with Gasteiger partial charge in [-0.3, -0.25) is 4.79 Å². The molecule has 1 aromatic carbocycles. The molecule has 1 aliphatic carbocycles. The second kappa shape index (κ2) is 10.1. The highest BCUT2D eigenvalue weighted by atomic mass is 16.5. The van der Waals surface area contributed by atoms with Crippen LogP contribution in [0.4, 0.5) is 5.69 Å². The van der Waals surface area contributed by atoms with Crippen molar-refractivity contribution < 1.29 is 23.9 Å². The van der Waals surface area contributed by atoms with Crippen molar-refractivity contribution in [3.05, 3.63) is 41.1 Å². The first-order valence-electron chi connectivity index (χ1n) is 8.98. The third-order valence-electron chi connectivity index (χ3n) is 4.52. The number of nitriles is 1. The summed E-state index contributed by atoms with van der Waals surface area (Å²) >= 11 is 0. The van der Waals surface area contributed by atoms with Gasteiger partial charge in [0, 0.05) is 12.2 Å². The van der Waals surface area contributed by atoms with Crippen molar-refractivity contribution in [1.29, 1.82) is 5.26 Å². The Kier molecular flexibility index (Phi) is 7.57. The number of anilines is 1. The average Bonchev–Trinajstić information content (AvgIpc) is 2.73. The molecular weight excluding hydrogens is 362 g/mol. The van der Waals surface area contributed by atoms with E-state index >= 15 is 0 Å². The molecule has 2 N–H and O–H groups in total. The summed E-state index contributed by atoms with van der Waals surface area (Å²) in [6.45, 7) is 0. The van der Waals surface area contributed by atoms with Crippen LogP contribution in [-0.4, -0.2) is 38.1 Å². The predicted octanol–water partition coefficient (Wildman–Crippen LogP) is 2.53. The summed E-state index contributed by atoms with van der Waals surface area (Å²) in [5.41, 5.74) is 0.436. The van der Waals surface area contributed by atoms with Crippen LogP contribution in [0.3, 0.4) is 0 Å². The quantitative estimate of drug-likeness (QED) is 0.439. The molecule has 8 nitrogen and oxygen atoms in total. The van der Waals surface area contributed by atoms with Gasteiger partial charge in [-0.2, -0.15) is 5.26 Å². The molecule has 1 saturated carbocycles. The highest BCUT2D eigenvalue weighted by molar-refractivity contribution is 6.00. The fourth-order valence-electron chi connectivity index (χ4n) is 3.01. The van der Waals surface area contributed by atoms with Gasteiger partial charge in [0.05, 0.1) is 31.0 Å². The summed E-state index contributed by atoms with van der Waals surface area (Å²) in [6, 6.07) is 6.13. The van der Waals surface area contributed by atoms with Gasteiger partial charge >= 0.3 is 11.9 Å². The zero-order valence-electron chi connectivity index (χ0n) is 15.9. The van der Waals surface area contributed by atoms with E-state index in [-0.39, 0.29) is 28.4 Å². The number of rotatable bonds is 6. The maximum Gasteiger partial charge on any atom is 0.339 e. The summed E-state index contributed by atoms with van der Waals surface area (Å²) in [4.78, 5) is 36.0. The largest absolute Gasteiger partial charge is 0.465 e. The van der Waals surface area contributed by atoms with Gasteiger partial charge in [-0.1, -0.05) is 19.3 Å². The number of hydrogen-bond donors (Lipinski definition) is 2. The standard InChI is InChI=1S/C20H23N3O5/c1-27-19(25)13-8-9-16(20(26)28-2)17(10-13)22-12-14(11-21)18(24)23-15-6-4-3-5-7-15/h8-10,12,15,22H,3-7H2,1-2H3,(H,23,24)/b14-12-. The van der Waals surface area contributed by atoms with Gasteiger partial charge in [0.1, 0.15) is 11.6 Å². The van der Waals surface area contributed by atoms with E-state index in [2.05, 4.69) is 15.4 Å². The molecule has 0 atom stereocenters. The SMILES string of the molecule is COC(=O)c1ccc(C(=O)OC)c(N/C=C(/C#N)C(=O)NC2CCCCC2)c1. The van der Waals surface area contributed by atoms with Crippen LogP contribution in [0, 0.1) is 11.3 Å². The minimum atomic E-state index is -0.627. The zero-order chi connectivity index (χ0) is 20.5. The number of nitrogens with one attached hydrogen (secondary N) is 2. The van der Waals surface area contributed by atoms with Crippen LogP contribution in [0.15, 0.2) is 30.0 Å². The molecule has 1 amide bonds. The van der Waals surface area contributed by atoms with Gasteiger partial charge < -0.3 is 20.1 Å². The van der Waals surface area contributed by atoms with Crippen LogP contribution in [0.2, 0.25) is 0 Å². The molecule has 0 aromatic heterocycles. The second-order valence-corrected chi connectivity index (χ2v) is 6.37. The van der Waals surface area contributed by atoms with Crippen molar-refractivity contribution in [3.8, 4) is 6.07 Å². The average molecular weight is 385 g/mol. The smallest absolute Gasteiger partial charge is 0.339 e. The van der Waals surface area contributed by atoms with Crippen molar-refractivity contribution in [3.63, 3.8) is 0 Å². The summed E-state index contributed by atoms with van der Waals surface area (Å²) in [7, 11) is 2.47. The molecule has 1 aliphatic rings. The number of methoxy groups -OCH3 is 2. The second-order valence-electron chi connectivity index (χ2n) is 6.37. The zero-order valence-corrected chi connectivity index (χ0v) is 15.9. The summed E-state index contributed by atoms with van der Waals surface area (Å²) in [5.74, 6) is -1.69. The van der Waals surface area contributed by atoms with E-state index in [1.54, 1.807) is 0 Å². The Morgan fingerprint density at radius 3 is 2.39 bits per heavy atom.